The zero-order chi connectivity index (χ0) is 18.4. The lowest BCUT2D eigenvalue weighted by atomic mass is 10.1. The molecule has 0 unspecified atom stereocenters. The summed E-state index contributed by atoms with van der Waals surface area (Å²) in [5.74, 6) is 1.63. The third-order valence-electron chi connectivity index (χ3n) is 4.59. The molecule has 0 fully saturated rings. The number of methoxy groups -OCH3 is 1. The molecule has 1 heterocycles. The van der Waals surface area contributed by atoms with Gasteiger partial charge >= 0.3 is 0 Å². The van der Waals surface area contributed by atoms with Gasteiger partial charge in [-0.15, -0.1) is 0 Å². The Morgan fingerprint density at radius 2 is 1.85 bits per heavy atom. The van der Waals surface area contributed by atoms with Crippen LogP contribution in [-0.4, -0.2) is 29.1 Å². The second kappa shape index (κ2) is 8.52. The molecule has 2 aromatic carbocycles. The van der Waals surface area contributed by atoms with Gasteiger partial charge in [-0.3, -0.25) is 4.79 Å². The smallest absolute Gasteiger partial charge is 0.255 e. The Bertz CT molecular complexity index is 886. The van der Waals surface area contributed by atoms with E-state index >= 15 is 0 Å². The van der Waals surface area contributed by atoms with Gasteiger partial charge in [-0.2, -0.15) is 0 Å². The molecular formula is C21H25N3O2. The maximum absolute atomic E-state index is 12.2. The molecule has 3 rings (SSSR count). The van der Waals surface area contributed by atoms with E-state index in [9.17, 15) is 4.79 Å². The predicted molar refractivity (Wildman–Crippen MR) is 104 cm³/mol. The van der Waals surface area contributed by atoms with Crippen LogP contribution in [0.2, 0.25) is 0 Å². The molecule has 0 atom stereocenters. The van der Waals surface area contributed by atoms with Crippen molar-refractivity contribution >= 4 is 16.9 Å². The highest BCUT2D eigenvalue weighted by molar-refractivity contribution is 5.96. The third kappa shape index (κ3) is 4.04. The number of imidazole rings is 1. The summed E-state index contributed by atoms with van der Waals surface area (Å²) in [7, 11) is 3.64. The highest BCUT2D eigenvalue weighted by Crippen LogP contribution is 2.17. The Hall–Kier alpha value is -2.82. The van der Waals surface area contributed by atoms with E-state index in [1.165, 1.54) is 5.52 Å². The van der Waals surface area contributed by atoms with E-state index in [2.05, 4.69) is 23.0 Å². The summed E-state index contributed by atoms with van der Waals surface area (Å²) in [5, 5.41) is 2.97. The van der Waals surface area contributed by atoms with E-state index < -0.39 is 0 Å². The molecule has 5 heteroatoms. The summed E-state index contributed by atoms with van der Waals surface area (Å²) >= 11 is 0. The van der Waals surface area contributed by atoms with Crippen molar-refractivity contribution in [1.82, 2.24) is 14.9 Å². The van der Waals surface area contributed by atoms with Crippen LogP contribution < -0.4 is 10.1 Å². The van der Waals surface area contributed by atoms with Crippen LogP contribution in [-0.2, 0) is 13.5 Å². The zero-order valence-corrected chi connectivity index (χ0v) is 15.4. The minimum absolute atomic E-state index is 0.0854. The Morgan fingerprint density at radius 3 is 2.65 bits per heavy atom. The SMILES string of the molecule is COc1ccccc1C(=O)NCCCCCc1nc2ccccc2n1C. The average Bonchev–Trinajstić information content (AvgIpc) is 3.00. The first-order valence-electron chi connectivity index (χ1n) is 9.02. The molecular weight excluding hydrogens is 326 g/mol. The molecule has 0 aliphatic heterocycles. The number of para-hydroxylation sites is 3. The topological polar surface area (TPSA) is 56.1 Å². The zero-order valence-electron chi connectivity index (χ0n) is 15.4. The van der Waals surface area contributed by atoms with Crippen molar-refractivity contribution in [3.8, 4) is 5.75 Å². The Labute approximate surface area is 154 Å². The van der Waals surface area contributed by atoms with E-state index in [0.717, 1.165) is 37.0 Å². The highest BCUT2D eigenvalue weighted by Gasteiger charge is 2.10. The molecule has 1 N–H and O–H groups in total. The molecule has 0 saturated heterocycles. The molecule has 1 amide bonds. The summed E-state index contributed by atoms with van der Waals surface area (Å²) in [5.41, 5.74) is 2.80. The largest absolute Gasteiger partial charge is 0.496 e. The Kier molecular flexibility index (Phi) is 5.89. The predicted octanol–water partition coefficient (Wildman–Crippen LogP) is 3.72. The molecule has 5 nitrogen and oxygen atoms in total. The van der Waals surface area contributed by atoms with Crippen LogP contribution in [0, 0.1) is 0 Å². The Balaban J connectivity index is 1.41. The number of aryl methyl sites for hydroxylation is 2. The van der Waals surface area contributed by atoms with Gasteiger partial charge in [0, 0.05) is 20.0 Å². The van der Waals surface area contributed by atoms with Crippen LogP contribution in [0.15, 0.2) is 48.5 Å². The Morgan fingerprint density at radius 1 is 1.08 bits per heavy atom. The normalized spacial score (nSPS) is 10.8. The number of carbonyl (C=O) groups is 1. The second-order valence-electron chi connectivity index (χ2n) is 6.34. The van der Waals surface area contributed by atoms with Gasteiger partial charge in [0.2, 0.25) is 0 Å². The van der Waals surface area contributed by atoms with Crippen molar-refractivity contribution in [2.45, 2.75) is 25.7 Å². The number of nitrogens with one attached hydrogen (secondary N) is 1. The van der Waals surface area contributed by atoms with E-state index in [1.807, 2.05) is 30.3 Å². The van der Waals surface area contributed by atoms with Crippen molar-refractivity contribution < 1.29 is 9.53 Å². The van der Waals surface area contributed by atoms with E-state index in [4.69, 9.17) is 9.72 Å². The first kappa shape index (κ1) is 18.0. The number of benzene rings is 2. The monoisotopic (exact) mass is 351 g/mol. The molecule has 0 aliphatic carbocycles. The lowest BCUT2D eigenvalue weighted by molar-refractivity contribution is 0.0950. The lowest BCUT2D eigenvalue weighted by Gasteiger charge is -2.09. The minimum Gasteiger partial charge on any atom is -0.496 e. The van der Waals surface area contributed by atoms with Crippen LogP contribution in [0.3, 0.4) is 0 Å². The molecule has 0 saturated carbocycles. The lowest BCUT2D eigenvalue weighted by Crippen LogP contribution is -2.24. The standard InChI is InChI=1S/C21H25N3O2/c1-24-18-12-7-6-11-17(18)23-20(24)14-4-3-9-15-22-21(25)16-10-5-8-13-19(16)26-2/h5-8,10-13H,3-4,9,14-15H2,1-2H3,(H,22,25). The van der Waals surface area contributed by atoms with E-state index in [-0.39, 0.29) is 5.91 Å². The minimum atomic E-state index is -0.0854. The van der Waals surface area contributed by atoms with Gasteiger partial charge in [0.25, 0.3) is 5.91 Å². The fourth-order valence-corrected chi connectivity index (χ4v) is 3.13. The number of hydrogen-bond acceptors (Lipinski definition) is 3. The van der Waals surface area contributed by atoms with Crippen LogP contribution in [0.4, 0.5) is 0 Å². The number of hydrogen-bond donors (Lipinski definition) is 1. The quantitative estimate of drug-likeness (QED) is 0.629. The number of nitrogens with zero attached hydrogens (tertiary/aromatic N) is 2. The van der Waals surface area contributed by atoms with Gasteiger partial charge in [0.15, 0.2) is 0 Å². The molecule has 0 aliphatic rings. The van der Waals surface area contributed by atoms with Crippen molar-refractivity contribution in [3.63, 3.8) is 0 Å². The number of fused-ring (bicyclic) bond motifs is 1. The van der Waals surface area contributed by atoms with Crippen LogP contribution in [0.1, 0.15) is 35.4 Å². The number of aromatic nitrogens is 2. The summed E-state index contributed by atoms with van der Waals surface area (Å²) in [6.45, 7) is 0.666. The van der Waals surface area contributed by atoms with Gasteiger partial charge < -0.3 is 14.6 Å². The summed E-state index contributed by atoms with van der Waals surface area (Å²) in [4.78, 5) is 16.9. The van der Waals surface area contributed by atoms with Gasteiger partial charge in [-0.05, 0) is 37.1 Å². The highest BCUT2D eigenvalue weighted by atomic mass is 16.5. The van der Waals surface area contributed by atoms with E-state index in [0.29, 0.717) is 17.9 Å². The summed E-state index contributed by atoms with van der Waals surface area (Å²) in [6, 6.07) is 15.5. The molecule has 0 radical (unpaired) electrons. The van der Waals surface area contributed by atoms with Gasteiger partial charge in [0.05, 0.1) is 23.7 Å². The maximum Gasteiger partial charge on any atom is 0.255 e. The van der Waals surface area contributed by atoms with Gasteiger partial charge in [-0.1, -0.05) is 30.7 Å². The van der Waals surface area contributed by atoms with Crippen LogP contribution >= 0.6 is 0 Å². The maximum atomic E-state index is 12.2. The average molecular weight is 351 g/mol. The number of unbranched alkanes of at least 4 members (excludes halogenated alkanes) is 2. The number of ether oxygens (including phenoxy) is 1. The van der Waals surface area contributed by atoms with Crippen molar-refractivity contribution in [2.75, 3.05) is 13.7 Å². The van der Waals surface area contributed by atoms with Crippen molar-refractivity contribution in [2.24, 2.45) is 7.05 Å². The van der Waals surface area contributed by atoms with E-state index in [1.54, 1.807) is 19.2 Å². The first-order chi connectivity index (χ1) is 12.7. The second-order valence-corrected chi connectivity index (χ2v) is 6.34. The molecule has 0 spiro atoms. The van der Waals surface area contributed by atoms with Crippen molar-refractivity contribution in [3.05, 3.63) is 59.9 Å². The number of rotatable bonds is 8. The molecule has 1 aromatic heterocycles. The first-order valence-corrected chi connectivity index (χ1v) is 9.02. The summed E-state index contributed by atoms with van der Waals surface area (Å²) in [6.07, 6.45) is 4.01. The molecule has 3 aromatic rings. The molecule has 26 heavy (non-hydrogen) atoms. The van der Waals surface area contributed by atoms with Gasteiger partial charge in [-0.25, -0.2) is 4.98 Å². The number of carbonyl (C=O) groups excluding carboxylic acids is 1. The summed E-state index contributed by atoms with van der Waals surface area (Å²) < 4.78 is 7.39. The fraction of sp³-hybridized carbons (Fsp3) is 0.333. The van der Waals surface area contributed by atoms with Crippen molar-refractivity contribution in [1.29, 1.82) is 0 Å². The fourth-order valence-electron chi connectivity index (χ4n) is 3.13. The third-order valence-corrected chi connectivity index (χ3v) is 4.59. The molecule has 136 valence electrons. The number of amides is 1. The molecule has 0 bridgehead atoms. The van der Waals surface area contributed by atoms with Gasteiger partial charge in [0.1, 0.15) is 11.6 Å². The van der Waals surface area contributed by atoms with Crippen LogP contribution in [0.5, 0.6) is 5.75 Å². The van der Waals surface area contributed by atoms with Crippen LogP contribution in [0.25, 0.3) is 11.0 Å².